The van der Waals surface area contributed by atoms with Gasteiger partial charge in [0.15, 0.2) is 20.1 Å². The minimum absolute atomic E-state index is 0.479. The summed E-state index contributed by atoms with van der Waals surface area (Å²) < 4.78 is 43.9. The molecule has 3 heterocycles. The Balaban J connectivity index is 1.91. The van der Waals surface area contributed by atoms with Crippen molar-refractivity contribution in [1.82, 2.24) is 4.98 Å². The molecular formula is C14H8F3N4S2+. The van der Waals surface area contributed by atoms with Crippen LogP contribution in [0.4, 0.5) is 24.5 Å². The summed E-state index contributed by atoms with van der Waals surface area (Å²) in [5.74, 6) is 0. The molecule has 1 unspecified atom stereocenters. The summed E-state index contributed by atoms with van der Waals surface area (Å²) in [6.45, 7) is 1.91. The van der Waals surface area contributed by atoms with E-state index < -0.39 is 22.1 Å². The number of nitriles is 1. The summed E-state index contributed by atoms with van der Waals surface area (Å²) in [4.78, 5) is 3.49. The van der Waals surface area contributed by atoms with Gasteiger partial charge >= 0.3 is 6.18 Å². The first-order valence-corrected chi connectivity index (χ1v) is 8.49. The molecule has 2 aromatic rings. The predicted molar refractivity (Wildman–Crippen MR) is 81.1 cm³/mol. The molecule has 0 bridgehead atoms. The Morgan fingerprint density at radius 3 is 2.83 bits per heavy atom. The molecule has 23 heavy (non-hydrogen) atoms. The summed E-state index contributed by atoms with van der Waals surface area (Å²) >= 11 is 0.623. The van der Waals surface area contributed by atoms with Crippen LogP contribution in [0.5, 0.6) is 0 Å². The van der Waals surface area contributed by atoms with Gasteiger partial charge in [-0.3, -0.25) is 4.72 Å². The molecule has 0 spiro atoms. The normalized spacial score (nSPS) is 18.5. The summed E-state index contributed by atoms with van der Waals surface area (Å²) in [6, 6.07) is 5.94. The van der Waals surface area contributed by atoms with Gasteiger partial charge in [-0.1, -0.05) is 17.4 Å². The maximum atomic E-state index is 12.8. The fourth-order valence-corrected chi connectivity index (χ4v) is 5.54. The van der Waals surface area contributed by atoms with Gasteiger partial charge in [0.05, 0.1) is 11.8 Å². The number of hydrogen-bond acceptors (Lipinski definition) is 4. The van der Waals surface area contributed by atoms with E-state index in [1.165, 1.54) is 6.20 Å². The van der Waals surface area contributed by atoms with Crippen LogP contribution in [0.3, 0.4) is 0 Å². The minimum Gasteiger partial charge on any atom is -0.276 e. The van der Waals surface area contributed by atoms with E-state index in [-0.39, 0.29) is 0 Å². The van der Waals surface area contributed by atoms with Gasteiger partial charge in [-0.25, -0.2) is 4.98 Å². The maximum absolute atomic E-state index is 12.8. The van der Waals surface area contributed by atoms with Gasteiger partial charge in [0, 0.05) is 0 Å². The van der Waals surface area contributed by atoms with Crippen molar-refractivity contribution in [3.63, 3.8) is 0 Å². The Labute approximate surface area is 135 Å². The van der Waals surface area contributed by atoms with Crippen molar-refractivity contribution in [2.45, 2.75) is 17.3 Å². The van der Waals surface area contributed by atoms with Crippen LogP contribution in [-0.2, 0) is 17.1 Å². The zero-order valence-corrected chi connectivity index (χ0v) is 13.2. The molecule has 0 fully saturated rings. The number of rotatable bonds is 1. The van der Waals surface area contributed by atoms with Gasteiger partial charge in [0.2, 0.25) is 6.20 Å². The molecule has 1 aromatic heterocycles. The van der Waals surface area contributed by atoms with Crippen molar-refractivity contribution in [3.05, 3.63) is 40.7 Å². The van der Waals surface area contributed by atoms with Gasteiger partial charge in [-0.15, -0.1) is 3.95 Å². The second-order valence-corrected chi connectivity index (χ2v) is 7.90. The first-order valence-electron chi connectivity index (χ1n) is 6.49. The molecule has 116 valence electrons. The average Bonchev–Trinajstić information content (AvgIpc) is 3.18. The minimum atomic E-state index is -4.45. The number of nitrogens with zero attached hydrogens (tertiary/aromatic N) is 3. The smallest absolute Gasteiger partial charge is 0.276 e. The second-order valence-electron chi connectivity index (χ2n) is 5.00. The Bertz CT molecular complexity index is 963. The van der Waals surface area contributed by atoms with E-state index in [1.807, 2.05) is 23.0 Å². The highest BCUT2D eigenvalue weighted by Gasteiger charge is 2.41. The second kappa shape index (κ2) is 4.66. The third kappa shape index (κ3) is 2.02. The molecule has 0 amide bonds. The lowest BCUT2D eigenvalue weighted by Crippen LogP contribution is -2.05. The van der Waals surface area contributed by atoms with E-state index in [0.717, 1.165) is 22.5 Å². The quantitative estimate of drug-likeness (QED) is 0.782. The topological polar surface area (TPSA) is 51.7 Å². The fourth-order valence-electron chi connectivity index (χ4n) is 2.60. The van der Waals surface area contributed by atoms with Crippen molar-refractivity contribution < 1.29 is 17.1 Å². The molecule has 2 aliphatic heterocycles. The first-order chi connectivity index (χ1) is 10.9. The first kappa shape index (κ1) is 14.4. The van der Waals surface area contributed by atoms with Crippen molar-refractivity contribution in [3.8, 4) is 6.07 Å². The number of benzene rings is 1. The highest BCUT2D eigenvalue weighted by molar-refractivity contribution is 7.88. The van der Waals surface area contributed by atoms with Crippen LogP contribution in [0.25, 0.3) is 5.57 Å². The lowest BCUT2D eigenvalue weighted by molar-refractivity contribution is -0.321. The van der Waals surface area contributed by atoms with Crippen molar-refractivity contribution in [1.29, 1.82) is 5.26 Å². The fraction of sp³-hybridized carbons (Fsp3) is 0.143. The molecule has 2 aliphatic rings. The molecule has 0 saturated carbocycles. The molecule has 4 rings (SSSR count). The molecule has 0 aliphatic carbocycles. The monoisotopic (exact) mass is 353 g/mol. The number of aromatic nitrogens is 1. The third-order valence-electron chi connectivity index (χ3n) is 3.56. The van der Waals surface area contributed by atoms with E-state index >= 15 is 0 Å². The Kier molecular flexibility index (Phi) is 2.92. The molecular weight excluding hydrogens is 345 g/mol. The van der Waals surface area contributed by atoms with Crippen molar-refractivity contribution >= 4 is 39.2 Å². The van der Waals surface area contributed by atoms with E-state index in [2.05, 4.69) is 15.8 Å². The maximum Gasteiger partial charge on any atom is 0.443 e. The standard InChI is InChI=1S/C14H7F3N4S2/c1-7-2-3-9-12-11(7)8(4-18)6-21(12)23(20-9)10-5-19-13(22-10)14(15,16)17/h2-3,5-6H,1H3/p+1. The molecule has 4 nitrogen and oxygen atoms in total. The lowest BCUT2D eigenvalue weighted by atomic mass is 10.0. The predicted octanol–water partition coefficient (Wildman–Crippen LogP) is 4.19. The largest absolute Gasteiger partial charge is 0.443 e. The molecule has 1 aromatic carbocycles. The highest BCUT2D eigenvalue weighted by Crippen LogP contribution is 2.47. The summed E-state index contributed by atoms with van der Waals surface area (Å²) in [7, 11) is -0.806. The number of alkyl halides is 3. The Morgan fingerprint density at radius 1 is 1.39 bits per heavy atom. The van der Waals surface area contributed by atoms with Crippen LogP contribution in [0, 0.1) is 18.3 Å². The lowest BCUT2D eigenvalue weighted by Gasteiger charge is -2.01. The molecule has 0 saturated heterocycles. The van der Waals surface area contributed by atoms with E-state index in [9.17, 15) is 18.4 Å². The number of nitrogens with one attached hydrogen (secondary N) is 1. The van der Waals surface area contributed by atoms with Gasteiger partial charge in [0.25, 0.3) is 5.69 Å². The van der Waals surface area contributed by atoms with Crippen LogP contribution >= 0.6 is 11.3 Å². The van der Waals surface area contributed by atoms with Crippen LogP contribution in [-0.4, -0.2) is 8.93 Å². The summed E-state index contributed by atoms with van der Waals surface area (Å²) in [5, 5.41) is 8.45. The zero-order chi connectivity index (χ0) is 16.4. The summed E-state index contributed by atoms with van der Waals surface area (Å²) in [5.41, 5.74) is 4.00. The number of anilines is 1. The number of hydrogen-bond donors (Lipinski definition) is 1. The van der Waals surface area contributed by atoms with Crippen LogP contribution < -0.4 is 4.72 Å². The number of aryl methyl sites for hydroxylation is 1. The Morgan fingerprint density at radius 2 is 2.17 bits per heavy atom. The molecule has 9 heteroatoms. The van der Waals surface area contributed by atoms with Gasteiger partial charge in [-0.2, -0.15) is 18.4 Å². The van der Waals surface area contributed by atoms with E-state index in [1.54, 1.807) is 6.20 Å². The van der Waals surface area contributed by atoms with E-state index in [0.29, 0.717) is 21.1 Å². The van der Waals surface area contributed by atoms with Crippen molar-refractivity contribution in [2.24, 2.45) is 0 Å². The number of halogens is 3. The zero-order valence-electron chi connectivity index (χ0n) is 11.6. The number of allylic oxidation sites excluding steroid dienone is 1. The molecule has 1 N–H and O–H groups in total. The summed E-state index contributed by atoms with van der Waals surface area (Å²) in [6.07, 6.45) is -1.50. The van der Waals surface area contributed by atoms with Gasteiger partial charge in [-0.05, 0) is 18.6 Å². The van der Waals surface area contributed by atoms with Crippen LogP contribution in [0.15, 0.2) is 28.7 Å². The van der Waals surface area contributed by atoms with Crippen LogP contribution in [0.1, 0.15) is 16.1 Å². The molecule has 1 atom stereocenters. The third-order valence-corrected chi connectivity index (χ3v) is 6.71. The Hall–Kier alpha value is -2.18. The average molecular weight is 353 g/mol. The van der Waals surface area contributed by atoms with Gasteiger partial charge < -0.3 is 0 Å². The van der Waals surface area contributed by atoms with Crippen LogP contribution in [0.2, 0.25) is 0 Å². The van der Waals surface area contributed by atoms with Crippen molar-refractivity contribution in [2.75, 3.05) is 4.72 Å². The van der Waals surface area contributed by atoms with E-state index in [4.69, 9.17) is 0 Å². The SMILES string of the molecule is Cc1ccc2c3c1C(C#N)=C[N+]3=S(c1cnc(C(F)(F)F)s1)N2. The molecule has 0 radical (unpaired) electrons. The highest BCUT2D eigenvalue weighted by atomic mass is 32.2. The van der Waals surface area contributed by atoms with Gasteiger partial charge in [0.1, 0.15) is 17.3 Å². The number of thiazole rings is 1.